The first-order valence-electron chi connectivity index (χ1n) is 9.05. The zero-order chi connectivity index (χ0) is 19.4. The topological polar surface area (TPSA) is 85.4 Å². The van der Waals surface area contributed by atoms with Crippen molar-refractivity contribution in [1.82, 2.24) is 9.80 Å². The molecule has 1 amide bonds. The lowest BCUT2D eigenvalue weighted by atomic mass is 10.2. The molecule has 2 N–H and O–H groups in total. The smallest absolute Gasteiger partial charge is 0.337 e. The van der Waals surface area contributed by atoms with E-state index < -0.39 is 5.97 Å². The summed E-state index contributed by atoms with van der Waals surface area (Å²) in [7, 11) is 3.41. The number of anilines is 2. The van der Waals surface area contributed by atoms with Gasteiger partial charge in [0.2, 0.25) is 0 Å². The number of nitrogens with one attached hydrogen (secondary N) is 1. The van der Waals surface area contributed by atoms with Crippen LogP contribution in [0.1, 0.15) is 0 Å². The van der Waals surface area contributed by atoms with Crippen molar-refractivity contribution in [3.05, 3.63) is 35.5 Å². The van der Waals surface area contributed by atoms with Crippen molar-refractivity contribution in [3.63, 3.8) is 0 Å². The highest BCUT2D eigenvalue weighted by molar-refractivity contribution is 6.08. The van der Waals surface area contributed by atoms with Gasteiger partial charge in [0, 0.05) is 44.1 Å². The van der Waals surface area contributed by atoms with Crippen molar-refractivity contribution in [2.75, 3.05) is 70.2 Å². The highest BCUT2D eigenvalue weighted by Crippen LogP contribution is 2.25. The normalized spacial score (nSPS) is 18.3. The van der Waals surface area contributed by atoms with Crippen LogP contribution in [0.25, 0.3) is 0 Å². The molecule has 3 rings (SSSR count). The molecule has 0 unspecified atom stereocenters. The van der Waals surface area contributed by atoms with E-state index in [0.29, 0.717) is 0 Å². The molecule has 1 aromatic carbocycles. The standard InChI is InChI=1S/C19H26N4O4/c1-21-7-9-22(10-8-21)15-5-3-14(4-6-15)20-17-16(19(26)27-2)13-23(11-12-24)18(17)25/h3-6,20,24H,7-13H2,1-2H3. The molecule has 0 atom stereocenters. The van der Waals surface area contributed by atoms with Crippen molar-refractivity contribution in [2.24, 2.45) is 0 Å². The number of esters is 1. The van der Waals surface area contributed by atoms with E-state index in [2.05, 4.69) is 22.2 Å². The Morgan fingerprint density at radius 1 is 1.19 bits per heavy atom. The van der Waals surface area contributed by atoms with Crippen LogP contribution in [0.3, 0.4) is 0 Å². The van der Waals surface area contributed by atoms with Crippen molar-refractivity contribution < 1.29 is 19.4 Å². The zero-order valence-electron chi connectivity index (χ0n) is 15.8. The van der Waals surface area contributed by atoms with Crippen molar-refractivity contribution in [3.8, 4) is 0 Å². The second kappa shape index (κ2) is 8.41. The van der Waals surface area contributed by atoms with E-state index in [0.717, 1.165) is 37.6 Å². The molecule has 2 aliphatic heterocycles. The zero-order valence-corrected chi connectivity index (χ0v) is 15.8. The summed E-state index contributed by atoms with van der Waals surface area (Å²) in [6.07, 6.45) is 0. The molecule has 1 fully saturated rings. The summed E-state index contributed by atoms with van der Waals surface area (Å²) in [5, 5.41) is 12.2. The lowest BCUT2D eigenvalue weighted by molar-refractivity contribution is -0.136. The number of amides is 1. The third kappa shape index (κ3) is 4.23. The van der Waals surface area contributed by atoms with Crippen LogP contribution >= 0.6 is 0 Å². The number of β-amino-alcohol motifs (C(OH)–C–C–N with tert-alkyl or cyclic N) is 1. The molecule has 1 saturated heterocycles. The Hall–Kier alpha value is -2.58. The number of rotatable bonds is 6. The highest BCUT2D eigenvalue weighted by Gasteiger charge is 2.34. The summed E-state index contributed by atoms with van der Waals surface area (Å²) in [5.74, 6) is -0.854. The number of methoxy groups -OCH3 is 1. The molecule has 27 heavy (non-hydrogen) atoms. The molecule has 8 nitrogen and oxygen atoms in total. The number of likely N-dealkylation sites (N-methyl/N-ethyl adjacent to an activating group) is 1. The van der Waals surface area contributed by atoms with Crippen LogP contribution < -0.4 is 10.2 Å². The van der Waals surface area contributed by atoms with Crippen LogP contribution in [0.5, 0.6) is 0 Å². The largest absolute Gasteiger partial charge is 0.466 e. The molecule has 8 heteroatoms. The second-order valence-corrected chi connectivity index (χ2v) is 6.76. The second-order valence-electron chi connectivity index (χ2n) is 6.76. The maximum atomic E-state index is 12.5. The fourth-order valence-corrected chi connectivity index (χ4v) is 3.31. The summed E-state index contributed by atoms with van der Waals surface area (Å²) in [5.41, 5.74) is 2.35. The van der Waals surface area contributed by atoms with Gasteiger partial charge in [-0.15, -0.1) is 0 Å². The van der Waals surface area contributed by atoms with Gasteiger partial charge >= 0.3 is 5.97 Å². The Bertz CT molecular complexity index is 724. The number of ether oxygens (including phenoxy) is 1. The summed E-state index contributed by atoms with van der Waals surface area (Å²) >= 11 is 0. The number of piperazine rings is 1. The third-order valence-electron chi connectivity index (χ3n) is 4.96. The Labute approximate surface area is 159 Å². The average Bonchev–Trinajstić information content (AvgIpc) is 2.99. The van der Waals surface area contributed by atoms with E-state index in [9.17, 15) is 9.59 Å². The van der Waals surface area contributed by atoms with Crippen LogP contribution in [0.2, 0.25) is 0 Å². The van der Waals surface area contributed by atoms with Gasteiger partial charge < -0.3 is 29.9 Å². The molecule has 0 bridgehead atoms. The minimum atomic E-state index is -0.541. The predicted octanol–water partition coefficient (Wildman–Crippen LogP) is 0.112. The van der Waals surface area contributed by atoms with E-state index in [1.165, 1.54) is 12.0 Å². The van der Waals surface area contributed by atoms with Crippen LogP contribution in [0.4, 0.5) is 11.4 Å². The number of hydrogen-bond donors (Lipinski definition) is 2. The van der Waals surface area contributed by atoms with E-state index in [1.54, 1.807) is 0 Å². The first-order valence-corrected chi connectivity index (χ1v) is 9.05. The van der Waals surface area contributed by atoms with Gasteiger partial charge in [-0.1, -0.05) is 0 Å². The first-order chi connectivity index (χ1) is 13.0. The number of aliphatic hydroxyl groups excluding tert-OH is 1. The molecule has 2 heterocycles. The van der Waals surface area contributed by atoms with Gasteiger partial charge in [-0.2, -0.15) is 0 Å². The lowest BCUT2D eigenvalue weighted by Gasteiger charge is -2.34. The molecule has 0 aliphatic carbocycles. The van der Waals surface area contributed by atoms with Gasteiger partial charge in [0.05, 0.1) is 25.8 Å². The minimum absolute atomic E-state index is 0.133. The van der Waals surface area contributed by atoms with E-state index in [-0.39, 0.29) is 36.9 Å². The summed E-state index contributed by atoms with van der Waals surface area (Å²) in [4.78, 5) is 30.6. The third-order valence-corrected chi connectivity index (χ3v) is 4.96. The molecule has 0 spiro atoms. The van der Waals surface area contributed by atoms with Gasteiger partial charge in [0.1, 0.15) is 5.70 Å². The molecule has 0 aromatic heterocycles. The van der Waals surface area contributed by atoms with Gasteiger partial charge in [-0.25, -0.2) is 4.79 Å². The molecule has 146 valence electrons. The average molecular weight is 374 g/mol. The Kier molecular flexibility index (Phi) is 5.98. The molecular formula is C19H26N4O4. The van der Waals surface area contributed by atoms with Crippen molar-refractivity contribution in [1.29, 1.82) is 0 Å². The molecule has 1 aromatic rings. The Morgan fingerprint density at radius 2 is 1.85 bits per heavy atom. The quantitative estimate of drug-likeness (QED) is 0.684. The molecule has 0 radical (unpaired) electrons. The van der Waals surface area contributed by atoms with E-state index >= 15 is 0 Å². The monoisotopic (exact) mass is 374 g/mol. The van der Waals surface area contributed by atoms with Gasteiger partial charge in [-0.05, 0) is 31.3 Å². The predicted molar refractivity (Wildman–Crippen MR) is 102 cm³/mol. The van der Waals surface area contributed by atoms with Crippen molar-refractivity contribution in [2.45, 2.75) is 0 Å². The number of nitrogens with zero attached hydrogens (tertiary/aromatic N) is 3. The van der Waals surface area contributed by atoms with Crippen LogP contribution in [-0.2, 0) is 14.3 Å². The summed E-state index contributed by atoms with van der Waals surface area (Å²) in [6, 6.07) is 7.82. The first kappa shape index (κ1) is 19.2. The fraction of sp³-hybridized carbons (Fsp3) is 0.474. The number of carbonyl (C=O) groups is 2. The maximum absolute atomic E-state index is 12.5. The molecular weight excluding hydrogens is 348 g/mol. The molecule has 2 aliphatic rings. The maximum Gasteiger partial charge on any atom is 0.337 e. The minimum Gasteiger partial charge on any atom is -0.466 e. The number of carbonyl (C=O) groups excluding carboxylic acids is 2. The summed E-state index contributed by atoms with van der Waals surface area (Å²) in [6.45, 7) is 4.17. The SMILES string of the molecule is COC(=O)C1=C(Nc2ccc(N3CCN(C)CC3)cc2)C(=O)N(CCO)C1. The van der Waals surface area contributed by atoms with Crippen LogP contribution in [-0.4, -0.2) is 86.8 Å². The van der Waals surface area contributed by atoms with E-state index in [1.807, 2.05) is 24.3 Å². The highest BCUT2D eigenvalue weighted by atomic mass is 16.5. The van der Waals surface area contributed by atoms with Gasteiger partial charge in [0.25, 0.3) is 5.91 Å². The number of benzene rings is 1. The lowest BCUT2D eigenvalue weighted by Crippen LogP contribution is -2.44. The van der Waals surface area contributed by atoms with E-state index in [4.69, 9.17) is 9.84 Å². The summed E-state index contributed by atoms with van der Waals surface area (Å²) < 4.78 is 4.80. The van der Waals surface area contributed by atoms with Gasteiger partial charge in [0.15, 0.2) is 0 Å². The number of aliphatic hydroxyl groups is 1. The Morgan fingerprint density at radius 3 is 2.44 bits per heavy atom. The van der Waals surface area contributed by atoms with Gasteiger partial charge in [-0.3, -0.25) is 4.79 Å². The van der Waals surface area contributed by atoms with Crippen LogP contribution in [0.15, 0.2) is 35.5 Å². The Balaban J connectivity index is 1.74. The molecule has 0 saturated carbocycles. The van der Waals surface area contributed by atoms with Crippen molar-refractivity contribution >= 4 is 23.3 Å². The fourth-order valence-electron chi connectivity index (χ4n) is 3.31. The number of hydrogen-bond acceptors (Lipinski definition) is 7. The van der Waals surface area contributed by atoms with Crippen LogP contribution in [0, 0.1) is 0 Å².